The van der Waals surface area contributed by atoms with Crippen molar-refractivity contribution in [1.82, 2.24) is 0 Å². The third kappa shape index (κ3) is 11.5. The fraction of sp³-hybridized carbons (Fsp3) is 0.444. The first-order chi connectivity index (χ1) is 32.1. The highest BCUT2D eigenvalue weighted by molar-refractivity contribution is 5.22. The van der Waals surface area contributed by atoms with Gasteiger partial charge in [-0.15, -0.1) is 0 Å². The smallest absolute Gasteiger partial charge is 0.224 e. The summed E-state index contributed by atoms with van der Waals surface area (Å²) in [5.41, 5.74) is 6.04. The standard InChI is InChI=1S/C54H62O12/c1-51(2)63-37-53(65-51)49(47(57-31-41-21-13-7-14-22-41)45(35-61-53)55-29-39-17-9-5-10-18-39)59-33-43-25-27-44(28-26-43)34-60-50-48(58-32-42-23-15-8-16-24-42)46(56-30-40-19-11-6-12-20-40)36-62-54(50)38-64-52(3,4)66-54/h5-28,45-50H,29-38H2,1-4H3/t45-,46-,47-,48-,49+,50+,53+,54+/m1/s1. The molecule has 0 aliphatic carbocycles. The van der Waals surface area contributed by atoms with Crippen molar-refractivity contribution in [3.63, 3.8) is 0 Å². The highest BCUT2D eigenvalue weighted by Gasteiger charge is 2.61. The first-order valence-electron chi connectivity index (χ1n) is 23.0. The second-order valence-electron chi connectivity index (χ2n) is 18.3. The van der Waals surface area contributed by atoms with Gasteiger partial charge < -0.3 is 56.8 Å². The fourth-order valence-corrected chi connectivity index (χ4v) is 8.92. The molecule has 9 rings (SSSR count). The number of rotatable bonds is 18. The maximum atomic E-state index is 6.86. The van der Waals surface area contributed by atoms with E-state index in [0.29, 0.717) is 26.4 Å². The zero-order valence-electron chi connectivity index (χ0n) is 38.3. The minimum atomic E-state index is -1.22. The van der Waals surface area contributed by atoms with Crippen LogP contribution in [-0.2, 0) is 96.5 Å². The van der Waals surface area contributed by atoms with Gasteiger partial charge in [0.1, 0.15) is 49.8 Å². The number of ether oxygens (including phenoxy) is 12. The summed E-state index contributed by atoms with van der Waals surface area (Å²) in [6, 6.07) is 48.5. The van der Waals surface area contributed by atoms with Gasteiger partial charge in [0, 0.05) is 0 Å². The molecule has 4 aliphatic rings. The summed E-state index contributed by atoms with van der Waals surface area (Å²) >= 11 is 0. The van der Waals surface area contributed by atoms with E-state index in [0.717, 1.165) is 33.4 Å². The van der Waals surface area contributed by atoms with Gasteiger partial charge in [0.2, 0.25) is 11.6 Å². The quantitative estimate of drug-likeness (QED) is 0.0839. The molecule has 5 aromatic carbocycles. The summed E-state index contributed by atoms with van der Waals surface area (Å²) in [5, 5.41) is 0. The molecule has 0 saturated carbocycles. The van der Waals surface area contributed by atoms with Crippen LogP contribution >= 0.6 is 0 Å². The van der Waals surface area contributed by atoms with Crippen LogP contribution in [0.15, 0.2) is 146 Å². The predicted molar refractivity (Wildman–Crippen MR) is 243 cm³/mol. The molecule has 0 bridgehead atoms. The van der Waals surface area contributed by atoms with Crippen molar-refractivity contribution in [2.45, 2.75) is 127 Å². The Hall–Kier alpha value is -4.38. The van der Waals surface area contributed by atoms with Crippen molar-refractivity contribution in [3.05, 3.63) is 179 Å². The summed E-state index contributed by atoms with van der Waals surface area (Å²) in [5.74, 6) is -4.22. The molecule has 350 valence electrons. The Kier molecular flexibility index (Phi) is 14.8. The Morgan fingerprint density at radius 3 is 0.955 bits per heavy atom. The van der Waals surface area contributed by atoms with Gasteiger partial charge in [0.05, 0.1) is 52.9 Å². The Bertz CT molecular complexity index is 2090. The average Bonchev–Trinajstić information content (AvgIpc) is 3.83. The summed E-state index contributed by atoms with van der Waals surface area (Å²) in [6.45, 7) is 10.3. The van der Waals surface area contributed by atoms with Crippen LogP contribution in [0.25, 0.3) is 0 Å². The van der Waals surface area contributed by atoms with Crippen molar-refractivity contribution < 1.29 is 56.8 Å². The number of hydrogen-bond donors (Lipinski definition) is 0. The van der Waals surface area contributed by atoms with Gasteiger partial charge in [-0.2, -0.15) is 0 Å². The predicted octanol–water partition coefficient (Wildman–Crippen LogP) is 8.82. The molecule has 4 fully saturated rings. The van der Waals surface area contributed by atoms with Crippen LogP contribution < -0.4 is 0 Å². The number of benzene rings is 5. The first-order valence-corrected chi connectivity index (χ1v) is 23.0. The van der Waals surface area contributed by atoms with Gasteiger partial charge in [0.15, 0.2) is 11.6 Å². The van der Waals surface area contributed by atoms with Crippen LogP contribution in [0.1, 0.15) is 61.1 Å². The minimum absolute atomic E-state index is 0.171. The maximum absolute atomic E-state index is 6.86. The lowest BCUT2D eigenvalue weighted by atomic mass is 9.96. The SMILES string of the molecule is CC1(C)OC[C@]2(OC[C@@H](OCc3ccccc3)[C@@H](OCc3ccccc3)[C@@H]2OCc2ccc(CO[C@H]3[C@H](OCc4ccccc4)[C@H](OCc4ccccc4)CO[C@]34COC(C)(C)O4)cc2)O1. The van der Waals surface area contributed by atoms with E-state index in [4.69, 9.17) is 56.8 Å². The molecule has 4 heterocycles. The molecular weight excluding hydrogens is 841 g/mol. The second-order valence-corrected chi connectivity index (χ2v) is 18.3. The van der Waals surface area contributed by atoms with E-state index in [1.165, 1.54) is 0 Å². The van der Waals surface area contributed by atoms with E-state index in [1.807, 2.05) is 173 Å². The van der Waals surface area contributed by atoms with Gasteiger partial charge in [0.25, 0.3) is 0 Å². The van der Waals surface area contributed by atoms with E-state index in [1.54, 1.807) is 0 Å². The summed E-state index contributed by atoms with van der Waals surface area (Å²) in [4.78, 5) is 0. The summed E-state index contributed by atoms with van der Waals surface area (Å²) in [7, 11) is 0. The molecule has 12 nitrogen and oxygen atoms in total. The van der Waals surface area contributed by atoms with E-state index < -0.39 is 59.8 Å². The summed E-state index contributed by atoms with van der Waals surface area (Å²) in [6.07, 6.45) is -3.42. The zero-order chi connectivity index (χ0) is 45.5. The Labute approximate surface area is 388 Å². The molecule has 0 radical (unpaired) electrons. The van der Waals surface area contributed by atoms with Crippen molar-refractivity contribution in [3.8, 4) is 0 Å². The normalized spacial score (nSPS) is 29.1. The molecule has 2 spiro atoms. The molecule has 4 aliphatic heterocycles. The van der Waals surface area contributed by atoms with Gasteiger partial charge >= 0.3 is 0 Å². The van der Waals surface area contributed by atoms with Crippen LogP contribution in [0.4, 0.5) is 0 Å². The fourth-order valence-electron chi connectivity index (χ4n) is 8.92. The lowest BCUT2D eigenvalue weighted by molar-refractivity contribution is -0.356. The van der Waals surface area contributed by atoms with Crippen LogP contribution in [0.2, 0.25) is 0 Å². The van der Waals surface area contributed by atoms with Crippen LogP contribution in [0.3, 0.4) is 0 Å². The Morgan fingerprint density at radius 1 is 0.364 bits per heavy atom. The number of hydrogen-bond acceptors (Lipinski definition) is 12. The molecular formula is C54H62O12. The lowest BCUT2D eigenvalue weighted by Gasteiger charge is -2.47. The highest BCUT2D eigenvalue weighted by Crippen LogP contribution is 2.44. The van der Waals surface area contributed by atoms with Crippen molar-refractivity contribution in [2.24, 2.45) is 0 Å². The molecule has 66 heavy (non-hydrogen) atoms. The van der Waals surface area contributed by atoms with Gasteiger partial charge in [-0.25, -0.2) is 0 Å². The van der Waals surface area contributed by atoms with Gasteiger partial charge in [-0.1, -0.05) is 146 Å². The highest BCUT2D eigenvalue weighted by atomic mass is 16.9. The van der Waals surface area contributed by atoms with Crippen LogP contribution in [-0.4, -0.2) is 86.2 Å². The molecule has 0 unspecified atom stereocenters. The van der Waals surface area contributed by atoms with Crippen molar-refractivity contribution in [1.29, 1.82) is 0 Å². The monoisotopic (exact) mass is 902 g/mol. The third-order valence-corrected chi connectivity index (χ3v) is 12.3. The molecule has 5 aromatic rings. The van der Waals surface area contributed by atoms with Gasteiger partial charge in [-0.3, -0.25) is 0 Å². The van der Waals surface area contributed by atoms with Crippen LogP contribution in [0.5, 0.6) is 0 Å². The summed E-state index contributed by atoms with van der Waals surface area (Å²) < 4.78 is 78.8. The molecule has 0 aromatic heterocycles. The zero-order valence-corrected chi connectivity index (χ0v) is 38.3. The Morgan fingerprint density at radius 2 is 0.652 bits per heavy atom. The van der Waals surface area contributed by atoms with Crippen LogP contribution in [0, 0.1) is 0 Å². The minimum Gasteiger partial charge on any atom is -0.368 e. The second kappa shape index (κ2) is 20.9. The van der Waals surface area contributed by atoms with E-state index in [9.17, 15) is 0 Å². The topological polar surface area (TPSA) is 111 Å². The van der Waals surface area contributed by atoms with Crippen molar-refractivity contribution in [2.75, 3.05) is 26.4 Å². The lowest BCUT2D eigenvalue weighted by Crippen LogP contribution is -2.64. The average molecular weight is 903 g/mol. The van der Waals surface area contributed by atoms with E-state index in [2.05, 4.69) is 0 Å². The van der Waals surface area contributed by atoms with Crippen molar-refractivity contribution >= 4 is 0 Å². The molecule has 12 heteroatoms. The Balaban J connectivity index is 0.922. The molecule has 4 saturated heterocycles. The molecule has 0 N–H and O–H groups in total. The molecule has 8 atom stereocenters. The third-order valence-electron chi connectivity index (χ3n) is 12.3. The maximum Gasteiger partial charge on any atom is 0.224 e. The van der Waals surface area contributed by atoms with Gasteiger partial charge in [-0.05, 0) is 61.1 Å². The largest absolute Gasteiger partial charge is 0.368 e. The molecule has 0 amide bonds. The van der Waals surface area contributed by atoms with E-state index >= 15 is 0 Å². The first kappa shape index (κ1) is 46.7. The van der Waals surface area contributed by atoms with E-state index in [-0.39, 0.29) is 39.6 Å².